The minimum Gasteiger partial charge on any atom is -0.491 e. The van der Waals surface area contributed by atoms with Gasteiger partial charge < -0.3 is 9.84 Å². The number of benzene rings is 2. The van der Waals surface area contributed by atoms with Gasteiger partial charge in [-0.25, -0.2) is 4.98 Å². The molecule has 8 heteroatoms. The van der Waals surface area contributed by atoms with Gasteiger partial charge in [0.25, 0.3) is 11.2 Å². The van der Waals surface area contributed by atoms with E-state index in [1.54, 1.807) is 12.1 Å². The summed E-state index contributed by atoms with van der Waals surface area (Å²) in [5.74, 6) is 0.620. The maximum atomic E-state index is 12.5. The van der Waals surface area contributed by atoms with Crippen LogP contribution in [0.4, 0.5) is 5.69 Å². The average Bonchev–Trinajstić information content (AvgIpc) is 2.63. The maximum Gasteiger partial charge on any atom is 0.270 e. The van der Waals surface area contributed by atoms with Crippen molar-refractivity contribution < 1.29 is 14.8 Å². The molecule has 0 bridgehead atoms. The molecule has 1 N–H and O–H groups in total. The zero-order valence-electron chi connectivity index (χ0n) is 14.0. The highest BCUT2D eigenvalue weighted by Crippen LogP contribution is 2.16. The average molecular weight is 355 g/mol. The van der Waals surface area contributed by atoms with Crippen LogP contribution in [0.25, 0.3) is 10.9 Å². The van der Waals surface area contributed by atoms with Gasteiger partial charge >= 0.3 is 0 Å². The second-order valence-corrected chi connectivity index (χ2v) is 5.94. The van der Waals surface area contributed by atoms with Crippen molar-refractivity contribution in [1.29, 1.82) is 0 Å². The van der Waals surface area contributed by atoms with Crippen molar-refractivity contribution in [3.05, 3.63) is 74.8 Å². The van der Waals surface area contributed by atoms with E-state index < -0.39 is 16.6 Å². The van der Waals surface area contributed by atoms with Crippen LogP contribution >= 0.6 is 0 Å². The Labute approximate surface area is 148 Å². The molecule has 0 saturated heterocycles. The van der Waals surface area contributed by atoms with Crippen LogP contribution in [0.5, 0.6) is 5.75 Å². The Morgan fingerprint density at radius 2 is 2.00 bits per heavy atom. The van der Waals surface area contributed by atoms with Crippen LogP contribution in [-0.4, -0.2) is 32.3 Å². The third-order valence-corrected chi connectivity index (χ3v) is 3.89. The Balaban J connectivity index is 1.75. The summed E-state index contributed by atoms with van der Waals surface area (Å²) in [6.45, 7) is 1.93. The van der Waals surface area contributed by atoms with Gasteiger partial charge in [0.2, 0.25) is 0 Å². The van der Waals surface area contributed by atoms with Gasteiger partial charge in [-0.05, 0) is 25.1 Å². The van der Waals surface area contributed by atoms with Crippen molar-refractivity contribution in [1.82, 2.24) is 9.55 Å². The molecule has 3 rings (SSSR count). The van der Waals surface area contributed by atoms with Crippen LogP contribution in [0.1, 0.15) is 5.56 Å². The molecule has 0 saturated carbocycles. The van der Waals surface area contributed by atoms with Crippen LogP contribution in [0.2, 0.25) is 0 Å². The van der Waals surface area contributed by atoms with Gasteiger partial charge in [-0.3, -0.25) is 19.5 Å². The Kier molecular flexibility index (Phi) is 4.94. The van der Waals surface area contributed by atoms with Gasteiger partial charge in [-0.15, -0.1) is 0 Å². The number of nitrogens with zero attached hydrogens (tertiary/aromatic N) is 3. The molecule has 1 unspecified atom stereocenters. The lowest BCUT2D eigenvalue weighted by molar-refractivity contribution is -0.384. The van der Waals surface area contributed by atoms with Gasteiger partial charge in [-0.2, -0.15) is 0 Å². The van der Waals surface area contributed by atoms with Crippen molar-refractivity contribution in [2.24, 2.45) is 0 Å². The fourth-order valence-electron chi connectivity index (χ4n) is 2.50. The molecule has 2 aromatic carbocycles. The first kappa shape index (κ1) is 17.6. The molecule has 0 fully saturated rings. The normalized spacial score (nSPS) is 12.1. The van der Waals surface area contributed by atoms with Gasteiger partial charge in [0.05, 0.1) is 28.7 Å². The predicted octanol–water partition coefficient (Wildman–Crippen LogP) is 2.05. The number of aliphatic hydroxyl groups excluding tert-OH is 1. The second kappa shape index (κ2) is 7.32. The van der Waals surface area contributed by atoms with E-state index in [2.05, 4.69) is 4.98 Å². The SMILES string of the molecule is Cc1ccc(OCC(O)Cn2cnc3ccc([N+](=O)[O-])cc3c2=O)cc1. The third-order valence-electron chi connectivity index (χ3n) is 3.89. The van der Waals surface area contributed by atoms with E-state index in [-0.39, 0.29) is 24.2 Å². The van der Waals surface area contributed by atoms with Gasteiger partial charge in [-0.1, -0.05) is 17.7 Å². The number of hydrogen-bond donors (Lipinski definition) is 1. The molecule has 0 radical (unpaired) electrons. The molecule has 1 atom stereocenters. The fourth-order valence-corrected chi connectivity index (χ4v) is 2.50. The minimum absolute atomic E-state index is 0.00246. The molecule has 0 aliphatic carbocycles. The Bertz CT molecular complexity index is 998. The van der Waals surface area contributed by atoms with Crippen molar-refractivity contribution >= 4 is 16.6 Å². The summed E-state index contributed by atoms with van der Waals surface area (Å²) >= 11 is 0. The first-order chi connectivity index (χ1) is 12.4. The maximum absolute atomic E-state index is 12.5. The van der Waals surface area contributed by atoms with E-state index in [0.29, 0.717) is 11.3 Å². The van der Waals surface area contributed by atoms with E-state index in [4.69, 9.17) is 4.74 Å². The monoisotopic (exact) mass is 355 g/mol. The number of rotatable bonds is 6. The summed E-state index contributed by atoms with van der Waals surface area (Å²) < 4.78 is 6.72. The lowest BCUT2D eigenvalue weighted by atomic mass is 10.2. The highest BCUT2D eigenvalue weighted by atomic mass is 16.6. The molecule has 134 valence electrons. The van der Waals surface area contributed by atoms with Gasteiger partial charge in [0, 0.05) is 12.1 Å². The molecule has 26 heavy (non-hydrogen) atoms. The molecule has 0 aliphatic rings. The first-order valence-corrected chi connectivity index (χ1v) is 7.95. The van der Waals surface area contributed by atoms with Crippen LogP contribution < -0.4 is 10.3 Å². The molecule has 1 heterocycles. The molecule has 8 nitrogen and oxygen atoms in total. The number of ether oxygens (including phenoxy) is 1. The summed E-state index contributed by atoms with van der Waals surface area (Å²) in [4.78, 5) is 26.9. The van der Waals surface area contributed by atoms with E-state index >= 15 is 0 Å². The van der Waals surface area contributed by atoms with E-state index in [0.717, 1.165) is 5.56 Å². The summed E-state index contributed by atoms with van der Waals surface area (Å²) in [5, 5.41) is 21.1. The van der Waals surface area contributed by atoms with Crippen LogP contribution in [0.3, 0.4) is 0 Å². The standard InChI is InChI=1S/C18H17N3O5/c1-12-2-5-15(6-3-12)26-10-14(22)9-20-11-19-17-7-4-13(21(24)25)8-16(17)18(20)23/h2-8,11,14,22H,9-10H2,1H3. The second-order valence-electron chi connectivity index (χ2n) is 5.94. The number of nitro groups is 1. The zero-order chi connectivity index (χ0) is 18.7. The fraction of sp³-hybridized carbons (Fsp3) is 0.222. The smallest absolute Gasteiger partial charge is 0.270 e. The number of aryl methyl sites for hydroxylation is 1. The Morgan fingerprint density at radius 3 is 2.69 bits per heavy atom. The summed E-state index contributed by atoms with van der Waals surface area (Å²) in [5.41, 5.74) is 0.827. The number of aliphatic hydroxyl groups is 1. The van der Waals surface area contributed by atoms with Gasteiger partial charge in [0.1, 0.15) is 18.5 Å². The molecule has 3 aromatic rings. The van der Waals surface area contributed by atoms with Gasteiger partial charge in [0.15, 0.2) is 0 Å². The van der Waals surface area contributed by atoms with Crippen LogP contribution in [-0.2, 0) is 6.54 Å². The minimum atomic E-state index is -0.938. The van der Waals surface area contributed by atoms with Crippen molar-refractivity contribution in [2.75, 3.05) is 6.61 Å². The Hall–Kier alpha value is -3.26. The molecular formula is C18H17N3O5. The topological polar surface area (TPSA) is 107 Å². The number of non-ortho nitro benzene ring substituents is 1. The number of nitro benzene ring substituents is 1. The molecule has 0 aliphatic heterocycles. The first-order valence-electron chi connectivity index (χ1n) is 7.95. The largest absolute Gasteiger partial charge is 0.491 e. The zero-order valence-corrected chi connectivity index (χ0v) is 14.0. The van der Waals surface area contributed by atoms with Crippen molar-refractivity contribution in [2.45, 2.75) is 19.6 Å². The van der Waals surface area contributed by atoms with Crippen molar-refractivity contribution in [3.8, 4) is 5.75 Å². The molecule has 0 amide bonds. The van der Waals surface area contributed by atoms with E-state index in [1.807, 2.05) is 19.1 Å². The highest BCUT2D eigenvalue weighted by molar-refractivity contribution is 5.79. The number of hydrogen-bond acceptors (Lipinski definition) is 6. The molecule has 1 aromatic heterocycles. The lowest BCUT2D eigenvalue weighted by Gasteiger charge is -2.14. The van der Waals surface area contributed by atoms with Crippen molar-refractivity contribution in [3.63, 3.8) is 0 Å². The van der Waals surface area contributed by atoms with Crippen LogP contribution in [0.15, 0.2) is 53.6 Å². The van der Waals surface area contributed by atoms with Crippen LogP contribution in [0, 0.1) is 17.0 Å². The summed E-state index contributed by atoms with van der Waals surface area (Å²) in [6, 6.07) is 11.3. The van der Waals surface area contributed by atoms with E-state index in [9.17, 15) is 20.0 Å². The number of fused-ring (bicyclic) bond motifs is 1. The molecular weight excluding hydrogens is 338 g/mol. The van der Waals surface area contributed by atoms with E-state index in [1.165, 1.54) is 29.1 Å². The number of aromatic nitrogens is 2. The third kappa shape index (κ3) is 3.86. The molecule has 0 spiro atoms. The Morgan fingerprint density at radius 1 is 1.27 bits per heavy atom. The lowest BCUT2D eigenvalue weighted by Crippen LogP contribution is -2.30. The predicted molar refractivity (Wildman–Crippen MR) is 95.3 cm³/mol. The summed E-state index contributed by atoms with van der Waals surface area (Å²) in [7, 11) is 0. The summed E-state index contributed by atoms with van der Waals surface area (Å²) in [6.07, 6.45) is 0.373. The quantitative estimate of drug-likeness (QED) is 0.536. The highest BCUT2D eigenvalue weighted by Gasteiger charge is 2.13.